The van der Waals surface area contributed by atoms with E-state index in [9.17, 15) is 8.42 Å². The molecule has 3 aliphatic heterocycles. The van der Waals surface area contributed by atoms with Gasteiger partial charge in [0, 0.05) is 36.7 Å². The molecule has 2 N–H and O–H groups in total. The van der Waals surface area contributed by atoms with Crippen molar-refractivity contribution in [3.8, 4) is 0 Å². The Morgan fingerprint density at radius 2 is 1.82 bits per heavy atom. The van der Waals surface area contributed by atoms with Crippen LogP contribution in [0, 0.1) is 0 Å². The van der Waals surface area contributed by atoms with Crippen LogP contribution >= 0.6 is 11.6 Å². The Hall–Kier alpha value is -1.64. The second kappa shape index (κ2) is 8.00. The third-order valence-corrected chi connectivity index (χ3v) is 7.84. The Bertz CT molecular complexity index is 876. The van der Waals surface area contributed by atoms with Gasteiger partial charge in [0.2, 0.25) is 0 Å². The molecule has 3 aliphatic rings. The maximum Gasteiger partial charge on any atom is 0.153 e. The Kier molecular flexibility index (Phi) is 5.62. The number of hydrogen-bond acceptors (Lipinski definition) is 7. The van der Waals surface area contributed by atoms with Crippen molar-refractivity contribution in [2.45, 2.75) is 37.8 Å². The number of halogens is 1. The van der Waals surface area contributed by atoms with E-state index in [0.29, 0.717) is 29.9 Å². The number of nitrogens with two attached hydrogens (primary N) is 1. The first-order valence-electron chi connectivity index (χ1n) is 9.74. The van der Waals surface area contributed by atoms with Crippen LogP contribution in [0.1, 0.15) is 24.8 Å². The van der Waals surface area contributed by atoms with E-state index in [-0.39, 0.29) is 17.5 Å². The predicted octanol–water partition coefficient (Wildman–Crippen LogP) is 1.52. The van der Waals surface area contributed by atoms with E-state index in [2.05, 4.69) is 20.0 Å². The average molecular weight is 424 g/mol. The Morgan fingerprint density at radius 1 is 1.11 bits per heavy atom. The molecular weight excluding hydrogens is 398 g/mol. The van der Waals surface area contributed by atoms with Gasteiger partial charge in [0.15, 0.2) is 9.84 Å². The minimum absolute atomic E-state index is 0.0132. The number of hydrogen-bond donors (Lipinski definition) is 1. The topological polar surface area (TPSA) is 91.4 Å². The molecule has 152 valence electrons. The monoisotopic (exact) mass is 423 g/mol. The second-order valence-electron chi connectivity index (χ2n) is 7.84. The molecule has 1 aromatic carbocycles. The summed E-state index contributed by atoms with van der Waals surface area (Å²) in [6.45, 7) is 2.43. The first-order chi connectivity index (χ1) is 13.4. The van der Waals surface area contributed by atoms with Gasteiger partial charge in [-0.15, -0.1) is 10.2 Å². The highest BCUT2D eigenvalue weighted by atomic mass is 35.5. The first kappa shape index (κ1) is 19.7. The van der Waals surface area contributed by atoms with Gasteiger partial charge in [0.05, 0.1) is 17.9 Å². The fraction of sp³-hybridized carbons (Fsp3) is 0.579. The molecule has 0 spiro atoms. The third-order valence-electron chi connectivity index (χ3n) is 5.89. The molecule has 0 saturated carbocycles. The molecule has 0 radical (unpaired) electrons. The van der Waals surface area contributed by atoms with Crippen molar-refractivity contribution in [1.29, 1.82) is 0 Å². The summed E-state index contributed by atoms with van der Waals surface area (Å²) in [7, 11) is -2.99. The van der Waals surface area contributed by atoms with Crippen LogP contribution in [0.25, 0.3) is 0 Å². The van der Waals surface area contributed by atoms with E-state index in [0.717, 1.165) is 43.8 Å². The number of rotatable bonds is 3. The van der Waals surface area contributed by atoms with E-state index in [1.165, 1.54) is 0 Å². The van der Waals surface area contributed by atoms with Crippen molar-refractivity contribution in [3.63, 3.8) is 0 Å². The summed E-state index contributed by atoms with van der Waals surface area (Å²) in [5.41, 5.74) is 6.86. The van der Waals surface area contributed by atoms with Gasteiger partial charge in [-0.3, -0.25) is 4.90 Å². The quantitative estimate of drug-likeness (QED) is 0.795. The van der Waals surface area contributed by atoms with Crippen LogP contribution in [0.2, 0.25) is 5.02 Å². The lowest BCUT2D eigenvalue weighted by molar-refractivity contribution is 0.101. The molecule has 2 fully saturated rings. The Labute approximate surface area is 171 Å². The molecule has 2 saturated heterocycles. The zero-order valence-electron chi connectivity index (χ0n) is 15.8. The number of likely N-dealkylation sites (tertiary alicyclic amines) is 1. The molecule has 0 aliphatic carbocycles. The molecule has 1 aromatic rings. The van der Waals surface area contributed by atoms with Crippen molar-refractivity contribution >= 4 is 33.1 Å². The first-order valence-corrected chi connectivity index (χ1v) is 11.9. The van der Waals surface area contributed by atoms with E-state index < -0.39 is 9.84 Å². The molecule has 3 heterocycles. The van der Waals surface area contributed by atoms with Crippen LogP contribution in [0.5, 0.6) is 0 Å². The Morgan fingerprint density at radius 3 is 2.46 bits per heavy atom. The summed E-state index contributed by atoms with van der Waals surface area (Å²) < 4.78 is 24.6. The third kappa shape index (κ3) is 4.50. The average Bonchev–Trinajstić information content (AvgIpc) is 3.10. The number of amidine groups is 2. The van der Waals surface area contributed by atoms with Crippen molar-refractivity contribution < 1.29 is 8.42 Å². The maximum atomic E-state index is 12.3. The van der Waals surface area contributed by atoms with Crippen LogP contribution in [0.4, 0.5) is 0 Å². The lowest BCUT2D eigenvalue weighted by Crippen LogP contribution is -2.56. The summed E-state index contributed by atoms with van der Waals surface area (Å²) in [4.78, 5) is 4.68. The normalized spacial score (nSPS) is 26.2. The summed E-state index contributed by atoms with van der Waals surface area (Å²) in [6.07, 6.45) is 3.35. The van der Waals surface area contributed by atoms with Crippen molar-refractivity contribution in [1.82, 2.24) is 9.80 Å². The highest BCUT2D eigenvalue weighted by Crippen LogP contribution is 2.26. The molecule has 0 aromatic heterocycles. The molecule has 4 rings (SSSR count). The largest absolute Gasteiger partial charge is 0.385 e. The minimum atomic E-state index is -2.99. The number of benzene rings is 1. The highest BCUT2D eigenvalue weighted by Gasteiger charge is 2.37. The van der Waals surface area contributed by atoms with Gasteiger partial charge in [-0.05, 0) is 37.0 Å². The van der Waals surface area contributed by atoms with Gasteiger partial charge in [-0.25, -0.2) is 8.42 Å². The summed E-state index contributed by atoms with van der Waals surface area (Å²) >= 11 is 5.99. The molecule has 9 heteroatoms. The highest BCUT2D eigenvalue weighted by molar-refractivity contribution is 7.91. The van der Waals surface area contributed by atoms with Crippen LogP contribution < -0.4 is 5.73 Å². The molecule has 28 heavy (non-hydrogen) atoms. The van der Waals surface area contributed by atoms with Crippen LogP contribution in [0.15, 0.2) is 34.5 Å². The number of piperidine rings is 1. The fourth-order valence-electron chi connectivity index (χ4n) is 4.43. The molecule has 7 nitrogen and oxygen atoms in total. The van der Waals surface area contributed by atoms with E-state index in [4.69, 9.17) is 17.3 Å². The van der Waals surface area contributed by atoms with Gasteiger partial charge >= 0.3 is 0 Å². The van der Waals surface area contributed by atoms with Crippen LogP contribution in [-0.4, -0.2) is 73.1 Å². The predicted molar refractivity (Wildman–Crippen MR) is 113 cm³/mol. The lowest BCUT2D eigenvalue weighted by Gasteiger charge is -2.44. The number of nitrogens with zero attached hydrogens (tertiary/aromatic N) is 4. The zero-order valence-corrected chi connectivity index (χ0v) is 17.4. The smallest absolute Gasteiger partial charge is 0.153 e. The van der Waals surface area contributed by atoms with Gasteiger partial charge < -0.3 is 10.6 Å². The molecule has 0 bridgehead atoms. The van der Waals surface area contributed by atoms with Gasteiger partial charge in [-0.1, -0.05) is 23.7 Å². The number of sulfone groups is 1. The molecule has 1 unspecified atom stereocenters. The van der Waals surface area contributed by atoms with Crippen molar-refractivity contribution in [2.75, 3.05) is 31.1 Å². The zero-order chi connectivity index (χ0) is 19.7. The van der Waals surface area contributed by atoms with E-state index >= 15 is 0 Å². The molecule has 0 amide bonds. The van der Waals surface area contributed by atoms with Crippen molar-refractivity contribution in [2.24, 2.45) is 15.9 Å². The fourth-order valence-corrected chi connectivity index (χ4v) is 6.11. The SMILES string of the molecule is NC1=NN=C(N2CCC(N3CCS(=O)(=O)CC3Cc3ccc(Cl)cc3)CC2)C1. The molecule has 1 atom stereocenters. The summed E-state index contributed by atoms with van der Waals surface area (Å²) in [5.74, 6) is 2.00. The summed E-state index contributed by atoms with van der Waals surface area (Å²) in [6, 6.07) is 8.13. The maximum absolute atomic E-state index is 12.3. The van der Waals surface area contributed by atoms with Crippen molar-refractivity contribution in [3.05, 3.63) is 34.9 Å². The van der Waals surface area contributed by atoms with E-state index in [1.807, 2.05) is 24.3 Å². The molecular formula is C19H26ClN5O2S. The van der Waals surface area contributed by atoms with Crippen LogP contribution in [0.3, 0.4) is 0 Å². The van der Waals surface area contributed by atoms with Gasteiger partial charge in [0.25, 0.3) is 0 Å². The summed E-state index contributed by atoms with van der Waals surface area (Å²) in [5, 5.41) is 8.81. The van der Waals surface area contributed by atoms with E-state index in [1.54, 1.807) is 0 Å². The second-order valence-corrected chi connectivity index (χ2v) is 10.5. The van der Waals surface area contributed by atoms with Gasteiger partial charge in [0.1, 0.15) is 11.7 Å². The standard InChI is InChI=1S/C19H26ClN5O2S/c20-15-3-1-14(2-4-15)11-17-13-28(26,27)10-9-25(17)16-5-7-24(8-6-16)19-12-18(21)22-23-19/h1-4,16-17H,5-13H2,(H2,21,22). The van der Waals surface area contributed by atoms with Gasteiger partial charge in [-0.2, -0.15) is 0 Å². The minimum Gasteiger partial charge on any atom is -0.385 e. The van der Waals surface area contributed by atoms with Crippen LogP contribution in [-0.2, 0) is 16.3 Å². The lowest BCUT2D eigenvalue weighted by atomic mass is 9.98. The Balaban J connectivity index is 1.42.